The summed E-state index contributed by atoms with van der Waals surface area (Å²) in [4.78, 5) is 34.4. The molecule has 2 fully saturated rings. The van der Waals surface area contributed by atoms with Gasteiger partial charge in [-0.3, -0.25) is 9.78 Å². The Hall–Kier alpha value is -4.80. The van der Waals surface area contributed by atoms with Crippen LogP contribution in [0.4, 0.5) is 28.0 Å². The zero-order valence-electron chi connectivity index (χ0n) is 27.9. The van der Waals surface area contributed by atoms with Crippen LogP contribution >= 0.6 is 11.8 Å². The van der Waals surface area contributed by atoms with Crippen LogP contribution in [0.25, 0.3) is 10.9 Å². The van der Waals surface area contributed by atoms with Crippen molar-refractivity contribution < 1.29 is 41.4 Å². The van der Waals surface area contributed by atoms with Crippen LogP contribution in [0.1, 0.15) is 24.3 Å². The first-order valence-corrected chi connectivity index (χ1v) is 17.4. The van der Waals surface area contributed by atoms with E-state index in [0.29, 0.717) is 35.1 Å². The van der Waals surface area contributed by atoms with Gasteiger partial charge in [0.25, 0.3) is 5.91 Å². The highest BCUT2D eigenvalue weighted by Crippen LogP contribution is 2.40. The lowest BCUT2D eigenvalue weighted by Crippen LogP contribution is -2.46. The molecule has 0 bridgehead atoms. The van der Waals surface area contributed by atoms with Crippen molar-refractivity contribution in [2.24, 2.45) is 0 Å². The van der Waals surface area contributed by atoms with E-state index < -0.39 is 46.3 Å². The number of methoxy groups -OCH3 is 1. The van der Waals surface area contributed by atoms with Gasteiger partial charge in [0.1, 0.15) is 22.8 Å². The standard InChI is InChI=1S/C35H36F4N6O5S/c1-3-43-10-12-44(13-11-43)9-4-14-49-31-19-28-24(18-30(31)48-2)29(7-8-40-28)50-33-26(38)16-22(17-27(33)39)41-35(47)42-45-32(46)20-51-34(45)23-6-5-21(36)15-25(23)37/h5-8,15-19,34H,3-4,9-14,20H2,1-2H3,(H2,41,42,47)/t34-/m1/s1. The van der Waals surface area contributed by atoms with Gasteiger partial charge in [0.15, 0.2) is 28.9 Å². The van der Waals surface area contributed by atoms with Crippen LogP contribution in [0.2, 0.25) is 0 Å². The largest absolute Gasteiger partial charge is 0.493 e. The Morgan fingerprint density at radius 1 is 0.941 bits per heavy atom. The maximum Gasteiger partial charge on any atom is 0.338 e. The lowest BCUT2D eigenvalue weighted by Gasteiger charge is -2.33. The number of carbonyl (C=O) groups is 2. The fourth-order valence-electron chi connectivity index (χ4n) is 5.87. The van der Waals surface area contributed by atoms with Crippen molar-refractivity contribution in [1.82, 2.24) is 25.2 Å². The van der Waals surface area contributed by atoms with E-state index in [1.165, 1.54) is 25.4 Å². The molecule has 1 atom stereocenters. The SMILES string of the molecule is CCN1CCN(CCCOc2cc3nccc(Oc4c(F)cc(NC(=O)NN5C(=O)CS[C@@H]5c5ccc(F)cc5F)cc4F)c3cc2OC)CC1. The Labute approximate surface area is 295 Å². The number of rotatable bonds is 12. The number of benzene rings is 3. The van der Waals surface area contributed by atoms with Crippen LogP contribution in [0.5, 0.6) is 23.0 Å². The van der Waals surface area contributed by atoms with Gasteiger partial charge < -0.3 is 29.3 Å². The highest BCUT2D eigenvalue weighted by molar-refractivity contribution is 8.00. The molecule has 51 heavy (non-hydrogen) atoms. The Morgan fingerprint density at radius 3 is 2.39 bits per heavy atom. The number of amides is 3. The van der Waals surface area contributed by atoms with E-state index in [1.807, 2.05) is 0 Å². The molecular weight excluding hydrogens is 692 g/mol. The van der Waals surface area contributed by atoms with Gasteiger partial charge in [-0.25, -0.2) is 32.8 Å². The van der Waals surface area contributed by atoms with Crippen LogP contribution in [0.15, 0.2) is 54.7 Å². The molecule has 6 rings (SSSR count). The maximum absolute atomic E-state index is 15.3. The molecule has 2 aliphatic heterocycles. The number of nitrogens with zero attached hydrogens (tertiary/aromatic N) is 4. The van der Waals surface area contributed by atoms with Gasteiger partial charge in [0.05, 0.1) is 25.0 Å². The summed E-state index contributed by atoms with van der Waals surface area (Å²) < 4.78 is 75.7. The second-order valence-corrected chi connectivity index (χ2v) is 12.9. The quantitative estimate of drug-likeness (QED) is 0.128. The van der Waals surface area contributed by atoms with E-state index in [-0.39, 0.29) is 22.8 Å². The third-order valence-corrected chi connectivity index (χ3v) is 9.76. The lowest BCUT2D eigenvalue weighted by molar-refractivity contribution is -0.130. The average Bonchev–Trinajstić information content (AvgIpc) is 3.46. The number of hydrogen-bond acceptors (Lipinski definition) is 9. The average molecular weight is 729 g/mol. The molecule has 16 heteroatoms. The van der Waals surface area contributed by atoms with Crippen molar-refractivity contribution in [3.63, 3.8) is 0 Å². The Kier molecular flexibility index (Phi) is 11.3. The zero-order chi connectivity index (χ0) is 36.1. The molecule has 0 aliphatic carbocycles. The Bertz CT molecular complexity index is 1890. The van der Waals surface area contributed by atoms with Crippen molar-refractivity contribution in [2.45, 2.75) is 18.7 Å². The number of halogens is 4. The molecule has 2 saturated heterocycles. The predicted octanol–water partition coefficient (Wildman–Crippen LogP) is 6.31. The van der Waals surface area contributed by atoms with Gasteiger partial charge in [0, 0.05) is 79.8 Å². The number of likely N-dealkylation sites (N-methyl/N-ethyl adjacent to an activating group) is 1. The van der Waals surface area contributed by atoms with Crippen molar-refractivity contribution in [3.8, 4) is 23.0 Å². The number of pyridine rings is 1. The summed E-state index contributed by atoms with van der Waals surface area (Å²) in [5, 5.41) is 2.56. The van der Waals surface area contributed by atoms with Crippen molar-refractivity contribution in [3.05, 3.63) is 83.6 Å². The van der Waals surface area contributed by atoms with E-state index in [9.17, 15) is 18.4 Å². The summed E-state index contributed by atoms with van der Waals surface area (Å²) >= 11 is 1.01. The number of thioether (sulfide) groups is 1. The summed E-state index contributed by atoms with van der Waals surface area (Å²) in [6.07, 6.45) is 2.25. The lowest BCUT2D eigenvalue weighted by atomic mass is 10.1. The number of aromatic nitrogens is 1. The summed E-state index contributed by atoms with van der Waals surface area (Å²) in [5.41, 5.74) is 2.41. The first kappa shape index (κ1) is 36.0. The molecule has 11 nitrogen and oxygen atoms in total. The van der Waals surface area contributed by atoms with Gasteiger partial charge in [-0.1, -0.05) is 13.0 Å². The number of fused-ring (bicyclic) bond motifs is 1. The number of nitrogens with one attached hydrogen (secondary N) is 2. The molecule has 0 unspecified atom stereocenters. The number of piperazine rings is 1. The van der Waals surface area contributed by atoms with E-state index in [1.54, 1.807) is 12.1 Å². The molecule has 3 aromatic carbocycles. The first-order chi connectivity index (χ1) is 24.6. The van der Waals surface area contributed by atoms with Crippen LogP contribution in [-0.4, -0.2) is 90.5 Å². The number of hydrogen-bond donors (Lipinski definition) is 2. The van der Waals surface area contributed by atoms with E-state index in [2.05, 4.69) is 32.5 Å². The molecule has 4 aromatic rings. The van der Waals surface area contributed by atoms with Crippen molar-refractivity contribution in [2.75, 3.05) is 64.1 Å². The molecule has 2 N–H and O–H groups in total. The fourth-order valence-corrected chi connectivity index (χ4v) is 7.00. The molecule has 270 valence electrons. The van der Waals surface area contributed by atoms with Crippen LogP contribution in [0.3, 0.4) is 0 Å². The zero-order valence-corrected chi connectivity index (χ0v) is 28.7. The Balaban J connectivity index is 1.10. The predicted molar refractivity (Wildman–Crippen MR) is 184 cm³/mol. The summed E-state index contributed by atoms with van der Waals surface area (Å²) in [6.45, 7) is 8.78. The third kappa shape index (κ3) is 8.40. The van der Waals surface area contributed by atoms with Gasteiger partial charge in [-0.05, 0) is 31.2 Å². The molecule has 3 heterocycles. The Morgan fingerprint density at radius 2 is 1.69 bits per heavy atom. The molecular formula is C35H36F4N6O5S. The molecule has 2 aliphatic rings. The number of ether oxygens (including phenoxy) is 3. The minimum Gasteiger partial charge on any atom is -0.493 e. The molecule has 3 amide bonds. The monoisotopic (exact) mass is 728 g/mol. The molecule has 0 spiro atoms. The van der Waals surface area contributed by atoms with Crippen LogP contribution < -0.4 is 25.0 Å². The van der Waals surface area contributed by atoms with Gasteiger partial charge in [-0.2, -0.15) is 0 Å². The second-order valence-electron chi connectivity index (χ2n) is 11.8. The highest BCUT2D eigenvalue weighted by Gasteiger charge is 2.36. The number of hydrazine groups is 1. The van der Waals surface area contributed by atoms with Crippen LogP contribution in [-0.2, 0) is 4.79 Å². The molecule has 0 radical (unpaired) electrons. The minimum absolute atomic E-state index is 0.0248. The van der Waals surface area contributed by atoms with Gasteiger partial charge >= 0.3 is 6.03 Å². The number of urea groups is 1. The summed E-state index contributed by atoms with van der Waals surface area (Å²) in [7, 11) is 1.49. The van der Waals surface area contributed by atoms with Crippen LogP contribution in [0, 0.1) is 23.3 Å². The van der Waals surface area contributed by atoms with E-state index in [4.69, 9.17) is 14.2 Å². The number of carbonyl (C=O) groups excluding carboxylic acids is 2. The third-order valence-electron chi connectivity index (χ3n) is 8.56. The topological polar surface area (TPSA) is 109 Å². The summed E-state index contributed by atoms with van der Waals surface area (Å²) in [6, 6.07) is 8.28. The molecule has 0 saturated carbocycles. The van der Waals surface area contributed by atoms with E-state index in [0.717, 1.165) is 80.7 Å². The van der Waals surface area contributed by atoms with Gasteiger partial charge in [-0.15, -0.1) is 11.8 Å². The van der Waals surface area contributed by atoms with E-state index >= 15 is 8.78 Å². The summed E-state index contributed by atoms with van der Waals surface area (Å²) in [5.74, 6) is -4.36. The first-order valence-electron chi connectivity index (χ1n) is 16.3. The normalized spacial score (nSPS) is 16.8. The minimum atomic E-state index is -1.13. The maximum atomic E-state index is 15.3. The van der Waals surface area contributed by atoms with Gasteiger partial charge in [0.2, 0.25) is 0 Å². The highest BCUT2D eigenvalue weighted by atomic mass is 32.2. The molecule has 1 aromatic heterocycles. The smallest absolute Gasteiger partial charge is 0.338 e. The van der Waals surface area contributed by atoms with Crippen molar-refractivity contribution >= 4 is 40.3 Å². The fraction of sp³-hybridized carbons (Fsp3) is 0.343. The second kappa shape index (κ2) is 16.0. The number of anilines is 1. The van der Waals surface area contributed by atoms with Crippen molar-refractivity contribution in [1.29, 1.82) is 0 Å².